The van der Waals surface area contributed by atoms with Crippen molar-refractivity contribution in [2.75, 3.05) is 5.73 Å². The first-order valence-electron chi connectivity index (χ1n) is 11.0. The van der Waals surface area contributed by atoms with Gasteiger partial charge in [-0.3, -0.25) is 0 Å². The van der Waals surface area contributed by atoms with Crippen LogP contribution in [0.2, 0.25) is 0 Å². The highest BCUT2D eigenvalue weighted by molar-refractivity contribution is 5.77. The molecule has 0 aliphatic rings. The fourth-order valence-electron chi connectivity index (χ4n) is 4.14. The number of aryl methyl sites for hydroxylation is 1. The lowest BCUT2D eigenvalue weighted by Crippen LogP contribution is -2.06. The maximum atomic E-state index is 6.09. The number of nitrogens with two attached hydrogens (primary N) is 1. The average molecular weight is 436 g/mol. The number of nitrogen functional groups attached to an aromatic ring is 1. The molecule has 0 radical (unpaired) electrons. The number of H-pyrrole nitrogens is 1. The Labute approximate surface area is 192 Å². The number of rotatable bonds is 8. The smallest absolute Gasteiger partial charge is 0.203 e. The Bertz CT molecular complexity index is 1320. The molecule has 6 nitrogen and oxygen atoms in total. The maximum Gasteiger partial charge on any atom is 0.203 e. The van der Waals surface area contributed by atoms with Crippen LogP contribution in [0.15, 0.2) is 91.0 Å². The van der Waals surface area contributed by atoms with Crippen molar-refractivity contribution in [3.63, 3.8) is 0 Å². The largest absolute Gasteiger partial charge is 0.489 e. The fourth-order valence-corrected chi connectivity index (χ4v) is 4.14. The molecule has 1 unspecified atom stereocenters. The molecular weight excluding hydrogens is 410 g/mol. The average Bonchev–Trinajstić information content (AvgIpc) is 3.33. The van der Waals surface area contributed by atoms with Gasteiger partial charge in [0, 0.05) is 5.92 Å². The van der Waals surface area contributed by atoms with Gasteiger partial charge in [0.1, 0.15) is 23.7 Å². The topological polar surface area (TPSA) is 89.7 Å². The molecule has 5 rings (SSSR count). The van der Waals surface area contributed by atoms with Crippen LogP contribution in [0.25, 0.3) is 11.2 Å². The van der Waals surface area contributed by atoms with Crippen molar-refractivity contribution in [1.82, 2.24) is 20.4 Å². The minimum Gasteiger partial charge on any atom is -0.489 e. The number of anilines is 1. The van der Waals surface area contributed by atoms with Gasteiger partial charge in [-0.25, -0.2) is 4.98 Å². The molecule has 2 heterocycles. The van der Waals surface area contributed by atoms with Crippen molar-refractivity contribution in [1.29, 1.82) is 0 Å². The quantitative estimate of drug-likeness (QED) is 0.346. The van der Waals surface area contributed by atoms with Crippen LogP contribution in [-0.2, 0) is 13.0 Å². The molecule has 5 aromatic rings. The van der Waals surface area contributed by atoms with Crippen LogP contribution in [0.3, 0.4) is 0 Å². The molecule has 33 heavy (non-hydrogen) atoms. The molecule has 1 atom stereocenters. The van der Waals surface area contributed by atoms with E-state index in [1.807, 2.05) is 42.5 Å². The van der Waals surface area contributed by atoms with Crippen LogP contribution in [0.5, 0.6) is 5.75 Å². The van der Waals surface area contributed by atoms with E-state index in [-0.39, 0.29) is 5.92 Å². The Morgan fingerprint density at radius 3 is 2.30 bits per heavy atom. The van der Waals surface area contributed by atoms with Gasteiger partial charge in [0.15, 0.2) is 0 Å². The third kappa shape index (κ3) is 4.85. The molecule has 0 saturated carbocycles. The van der Waals surface area contributed by atoms with Gasteiger partial charge in [-0.2, -0.15) is 10.3 Å². The first-order valence-corrected chi connectivity index (χ1v) is 11.0. The summed E-state index contributed by atoms with van der Waals surface area (Å²) in [6.07, 6.45) is 1.81. The highest BCUT2D eigenvalue weighted by Crippen LogP contribution is 2.33. The molecule has 0 saturated heterocycles. The van der Waals surface area contributed by atoms with Gasteiger partial charge in [0.2, 0.25) is 5.65 Å². The Balaban J connectivity index is 1.33. The van der Waals surface area contributed by atoms with Crippen molar-refractivity contribution in [3.05, 3.63) is 113 Å². The lowest BCUT2D eigenvalue weighted by atomic mass is 9.86. The minimum absolute atomic E-state index is 0.123. The second kappa shape index (κ2) is 9.53. The number of hydrogen-bond acceptors (Lipinski definition) is 5. The first kappa shape index (κ1) is 20.7. The van der Waals surface area contributed by atoms with E-state index in [2.05, 4.69) is 68.9 Å². The summed E-state index contributed by atoms with van der Waals surface area (Å²) in [6, 6.07) is 30.9. The number of hydrogen-bond donors (Lipinski definition) is 2. The lowest BCUT2D eigenvalue weighted by molar-refractivity contribution is 0.306. The molecule has 0 fully saturated rings. The van der Waals surface area contributed by atoms with Crippen LogP contribution >= 0.6 is 0 Å². The highest BCUT2D eigenvalue weighted by Gasteiger charge is 2.20. The zero-order chi connectivity index (χ0) is 22.5. The number of pyridine rings is 1. The Morgan fingerprint density at radius 2 is 1.55 bits per heavy atom. The number of aromatic nitrogens is 4. The summed E-state index contributed by atoms with van der Waals surface area (Å²) in [5, 5.41) is 11.2. The molecule has 6 heteroatoms. The number of nitrogens with one attached hydrogen (secondary N) is 1. The molecule has 3 aromatic carbocycles. The number of ether oxygens (including phenoxy) is 1. The zero-order valence-corrected chi connectivity index (χ0v) is 18.2. The molecule has 0 aliphatic carbocycles. The molecule has 2 aromatic heterocycles. The number of fused-ring (bicyclic) bond motifs is 1. The van der Waals surface area contributed by atoms with E-state index >= 15 is 0 Å². The molecule has 0 spiro atoms. The lowest BCUT2D eigenvalue weighted by Gasteiger charge is -2.19. The van der Waals surface area contributed by atoms with Crippen molar-refractivity contribution in [3.8, 4) is 5.75 Å². The van der Waals surface area contributed by atoms with E-state index in [0.29, 0.717) is 18.1 Å². The number of aromatic amines is 1. The van der Waals surface area contributed by atoms with Crippen LogP contribution in [0.1, 0.15) is 34.6 Å². The molecule has 164 valence electrons. The normalized spacial score (nSPS) is 12.0. The summed E-state index contributed by atoms with van der Waals surface area (Å²) in [6.45, 7) is 0.563. The van der Waals surface area contributed by atoms with Gasteiger partial charge in [-0.1, -0.05) is 72.8 Å². The van der Waals surface area contributed by atoms with Gasteiger partial charge in [0.05, 0.1) is 0 Å². The second-order valence-corrected chi connectivity index (χ2v) is 8.05. The summed E-state index contributed by atoms with van der Waals surface area (Å²) in [5.74, 6) is 1.44. The summed E-state index contributed by atoms with van der Waals surface area (Å²) in [4.78, 5) is 4.30. The van der Waals surface area contributed by atoms with E-state index in [0.717, 1.165) is 35.2 Å². The van der Waals surface area contributed by atoms with Crippen molar-refractivity contribution >= 4 is 17.0 Å². The minimum atomic E-state index is 0.123. The van der Waals surface area contributed by atoms with Gasteiger partial charge >= 0.3 is 0 Å². The first-order chi connectivity index (χ1) is 16.3. The SMILES string of the molecule is Nc1cc(C(CCc2ccc(OCc3ccccc3)cc2)c2ccccc2)c2n[nH]nc2n1. The van der Waals surface area contributed by atoms with Crippen LogP contribution in [-0.4, -0.2) is 20.4 Å². The molecule has 0 bridgehead atoms. The van der Waals surface area contributed by atoms with E-state index in [4.69, 9.17) is 10.5 Å². The maximum absolute atomic E-state index is 6.09. The Hall–Kier alpha value is -4.19. The van der Waals surface area contributed by atoms with Gasteiger partial charge in [-0.15, -0.1) is 5.10 Å². The van der Waals surface area contributed by atoms with E-state index in [1.165, 1.54) is 11.1 Å². The van der Waals surface area contributed by atoms with Gasteiger partial charge in [0.25, 0.3) is 0 Å². The second-order valence-electron chi connectivity index (χ2n) is 8.05. The van der Waals surface area contributed by atoms with Crippen molar-refractivity contribution in [2.24, 2.45) is 0 Å². The van der Waals surface area contributed by atoms with E-state index in [1.54, 1.807) is 0 Å². The summed E-state index contributed by atoms with van der Waals surface area (Å²) < 4.78 is 5.92. The van der Waals surface area contributed by atoms with Crippen LogP contribution < -0.4 is 10.5 Å². The van der Waals surface area contributed by atoms with Crippen LogP contribution in [0.4, 0.5) is 5.82 Å². The Morgan fingerprint density at radius 1 is 0.818 bits per heavy atom. The van der Waals surface area contributed by atoms with E-state index in [9.17, 15) is 0 Å². The standard InChI is InChI=1S/C27H25N5O/c28-25-17-24(26-27(29-25)31-32-30-26)23(21-9-5-2-6-10-21)16-13-19-11-14-22(15-12-19)33-18-20-7-3-1-4-8-20/h1-12,14-15,17,23H,13,16,18H2,(H3,28,29,30,31,32). The molecule has 0 aliphatic heterocycles. The number of nitrogens with zero attached hydrogens (tertiary/aromatic N) is 3. The summed E-state index contributed by atoms with van der Waals surface area (Å²) in [7, 11) is 0. The summed E-state index contributed by atoms with van der Waals surface area (Å²) >= 11 is 0. The Kier molecular flexibility index (Phi) is 5.97. The fraction of sp³-hybridized carbons (Fsp3) is 0.148. The predicted molar refractivity (Wildman–Crippen MR) is 130 cm³/mol. The third-order valence-corrected chi connectivity index (χ3v) is 5.81. The van der Waals surface area contributed by atoms with Crippen LogP contribution in [0, 0.1) is 0 Å². The summed E-state index contributed by atoms with van der Waals surface area (Å²) in [5.41, 5.74) is 12.1. The van der Waals surface area contributed by atoms with Crippen molar-refractivity contribution in [2.45, 2.75) is 25.4 Å². The molecule has 3 N–H and O–H groups in total. The van der Waals surface area contributed by atoms with Gasteiger partial charge < -0.3 is 10.5 Å². The monoisotopic (exact) mass is 435 g/mol. The molecule has 0 amide bonds. The zero-order valence-electron chi connectivity index (χ0n) is 18.2. The highest BCUT2D eigenvalue weighted by atomic mass is 16.5. The molecular formula is C27H25N5O. The van der Waals surface area contributed by atoms with Crippen molar-refractivity contribution < 1.29 is 4.74 Å². The predicted octanol–water partition coefficient (Wildman–Crippen LogP) is 5.28. The van der Waals surface area contributed by atoms with E-state index < -0.39 is 0 Å². The third-order valence-electron chi connectivity index (χ3n) is 5.81. The number of benzene rings is 3. The van der Waals surface area contributed by atoms with Gasteiger partial charge in [-0.05, 0) is 53.3 Å².